The van der Waals surface area contributed by atoms with Crippen LogP contribution in [0.15, 0.2) is 18.5 Å². The molecule has 0 saturated carbocycles. The Kier molecular flexibility index (Phi) is 5.06. The van der Waals surface area contributed by atoms with E-state index in [4.69, 9.17) is 4.74 Å². The monoisotopic (exact) mass is 275 g/mol. The summed E-state index contributed by atoms with van der Waals surface area (Å²) in [6.07, 6.45) is 4.41. The largest absolute Gasteiger partial charge is 0.374 e. The summed E-state index contributed by atoms with van der Waals surface area (Å²) in [7, 11) is 1.98. The second-order valence-electron chi connectivity index (χ2n) is 4.46. The standard InChI is InChI=1S/C14H21N5O/c1-4-15-12-8-11(9-14-16-6-7-19(14)3)17-13(18-12)10-20-5-2/h6-8H,4-5,9-10H2,1-3H3,(H,15,17,18). The maximum Gasteiger partial charge on any atom is 0.156 e. The van der Waals surface area contributed by atoms with E-state index in [0.29, 0.717) is 25.5 Å². The minimum absolute atomic E-state index is 0.434. The lowest BCUT2D eigenvalue weighted by Crippen LogP contribution is -2.09. The maximum absolute atomic E-state index is 5.39. The van der Waals surface area contributed by atoms with E-state index < -0.39 is 0 Å². The molecular weight excluding hydrogens is 254 g/mol. The molecule has 2 rings (SSSR count). The third-order valence-electron chi connectivity index (χ3n) is 2.88. The second-order valence-corrected chi connectivity index (χ2v) is 4.46. The lowest BCUT2D eigenvalue weighted by atomic mass is 10.2. The van der Waals surface area contributed by atoms with Crippen molar-refractivity contribution in [1.29, 1.82) is 0 Å². The van der Waals surface area contributed by atoms with Gasteiger partial charge in [0.05, 0.1) is 5.69 Å². The fraction of sp³-hybridized carbons (Fsp3) is 0.500. The molecule has 0 radical (unpaired) electrons. The summed E-state index contributed by atoms with van der Waals surface area (Å²) in [6, 6.07) is 1.97. The molecular formula is C14H21N5O. The van der Waals surface area contributed by atoms with E-state index in [2.05, 4.69) is 20.3 Å². The van der Waals surface area contributed by atoms with Crippen molar-refractivity contribution in [3.8, 4) is 0 Å². The predicted octanol–water partition coefficient (Wildman–Crippen LogP) is 1.77. The summed E-state index contributed by atoms with van der Waals surface area (Å²) in [4.78, 5) is 13.3. The van der Waals surface area contributed by atoms with Crippen molar-refractivity contribution in [3.05, 3.63) is 35.8 Å². The molecule has 108 valence electrons. The van der Waals surface area contributed by atoms with Crippen molar-refractivity contribution in [3.63, 3.8) is 0 Å². The summed E-state index contributed by atoms with van der Waals surface area (Å²) in [6.45, 7) is 5.92. The Bertz CT molecular complexity index is 552. The Hall–Kier alpha value is -1.95. The number of anilines is 1. The highest BCUT2D eigenvalue weighted by Crippen LogP contribution is 2.11. The third kappa shape index (κ3) is 3.77. The van der Waals surface area contributed by atoms with Crippen LogP contribution in [-0.2, 0) is 24.8 Å². The van der Waals surface area contributed by atoms with Gasteiger partial charge in [-0.25, -0.2) is 15.0 Å². The van der Waals surface area contributed by atoms with E-state index >= 15 is 0 Å². The zero-order valence-corrected chi connectivity index (χ0v) is 12.3. The number of imidazole rings is 1. The van der Waals surface area contributed by atoms with Crippen LogP contribution < -0.4 is 5.32 Å². The number of ether oxygens (including phenoxy) is 1. The van der Waals surface area contributed by atoms with E-state index in [-0.39, 0.29) is 0 Å². The van der Waals surface area contributed by atoms with Crippen molar-refractivity contribution in [2.75, 3.05) is 18.5 Å². The van der Waals surface area contributed by atoms with Gasteiger partial charge >= 0.3 is 0 Å². The van der Waals surface area contributed by atoms with Crippen molar-refractivity contribution in [2.45, 2.75) is 26.9 Å². The lowest BCUT2D eigenvalue weighted by molar-refractivity contribution is 0.128. The molecule has 1 N–H and O–H groups in total. The van der Waals surface area contributed by atoms with Gasteiger partial charge in [-0.05, 0) is 13.8 Å². The van der Waals surface area contributed by atoms with Crippen molar-refractivity contribution >= 4 is 5.82 Å². The molecule has 2 aromatic rings. The highest BCUT2D eigenvalue weighted by atomic mass is 16.5. The molecule has 0 bridgehead atoms. The molecule has 20 heavy (non-hydrogen) atoms. The van der Waals surface area contributed by atoms with Crippen LogP contribution in [0.1, 0.15) is 31.2 Å². The summed E-state index contributed by atoms with van der Waals surface area (Å²) in [5, 5.41) is 3.23. The molecule has 0 amide bonds. The average Bonchev–Trinajstić information content (AvgIpc) is 2.82. The number of hydrogen-bond donors (Lipinski definition) is 1. The van der Waals surface area contributed by atoms with Crippen LogP contribution in [0, 0.1) is 0 Å². The van der Waals surface area contributed by atoms with Crippen molar-refractivity contribution in [1.82, 2.24) is 19.5 Å². The molecule has 0 spiro atoms. The molecule has 6 nitrogen and oxygen atoms in total. The molecule has 0 saturated heterocycles. The summed E-state index contributed by atoms with van der Waals surface area (Å²) < 4.78 is 7.39. The van der Waals surface area contributed by atoms with E-state index in [0.717, 1.165) is 23.9 Å². The first-order valence-electron chi connectivity index (χ1n) is 6.87. The van der Waals surface area contributed by atoms with Gasteiger partial charge in [0, 0.05) is 45.1 Å². The predicted molar refractivity (Wildman–Crippen MR) is 77.5 cm³/mol. The van der Waals surface area contributed by atoms with Gasteiger partial charge < -0.3 is 14.6 Å². The molecule has 0 unspecified atom stereocenters. The first-order chi connectivity index (χ1) is 9.72. The van der Waals surface area contributed by atoms with Crippen LogP contribution in [0.5, 0.6) is 0 Å². The van der Waals surface area contributed by atoms with Crippen LogP contribution in [0.2, 0.25) is 0 Å². The van der Waals surface area contributed by atoms with Crippen molar-refractivity contribution < 1.29 is 4.74 Å². The van der Waals surface area contributed by atoms with Gasteiger partial charge in [-0.1, -0.05) is 0 Å². The zero-order chi connectivity index (χ0) is 14.4. The Balaban J connectivity index is 2.21. The zero-order valence-electron chi connectivity index (χ0n) is 12.3. The highest BCUT2D eigenvalue weighted by Gasteiger charge is 2.08. The average molecular weight is 275 g/mol. The smallest absolute Gasteiger partial charge is 0.156 e. The lowest BCUT2D eigenvalue weighted by Gasteiger charge is -2.09. The van der Waals surface area contributed by atoms with Crippen LogP contribution in [-0.4, -0.2) is 32.7 Å². The molecule has 6 heteroatoms. The quantitative estimate of drug-likeness (QED) is 0.834. The fourth-order valence-corrected chi connectivity index (χ4v) is 1.90. The fourth-order valence-electron chi connectivity index (χ4n) is 1.90. The number of nitrogens with zero attached hydrogens (tertiary/aromatic N) is 4. The minimum atomic E-state index is 0.434. The molecule has 0 aliphatic carbocycles. The molecule has 0 atom stereocenters. The van der Waals surface area contributed by atoms with Crippen LogP contribution >= 0.6 is 0 Å². The Labute approximate surface area is 119 Å². The summed E-state index contributed by atoms with van der Waals surface area (Å²) in [5.74, 6) is 2.52. The van der Waals surface area contributed by atoms with E-state index in [9.17, 15) is 0 Å². The number of aromatic nitrogens is 4. The first-order valence-corrected chi connectivity index (χ1v) is 6.87. The van der Waals surface area contributed by atoms with E-state index in [1.807, 2.05) is 37.7 Å². The maximum atomic E-state index is 5.39. The number of hydrogen-bond acceptors (Lipinski definition) is 5. The van der Waals surface area contributed by atoms with Gasteiger partial charge in [0.25, 0.3) is 0 Å². The highest BCUT2D eigenvalue weighted by molar-refractivity contribution is 5.36. The van der Waals surface area contributed by atoms with E-state index in [1.165, 1.54) is 0 Å². The molecule has 0 aliphatic heterocycles. The summed E-state index contributed by atoms with van der Waals surface area (Å²) in [5.41, 5.74) is 0.944. The molecule has 0 aliphatic rings. The van der Waals surface area contributed by atoms with Gasteiger partial charge in [-0.15, -0.1) is 0 Å². The van der Waals surface area contributed by atoms with Crippen LogP contribution in [0.4, 0.5) is 5.82 Å². The second kappa shape index (κ2) is 7.00. The Morgan fingerprint density at radius 2 is 2.15 bits per heavy atom. The molecule has 2 heterocycles. The van der Waals surface area contributed by atoms with Gasteiger partial charge in [-0.2, -0.15) is 0 Å². The normalized spacial score (nSPS) is 10.8. The molecule has 0 aromatic carbocycles. The third-order valence-corrected chi connectivity index (χ3v) is 2.88. The number of aryl methyl sites for hydroxylation is 1. The minimum Gasteiger partial charge on any atom is -0.374 e. The van der Waals surface area contributed by atoms with Gasteiger partial charge in [0.15, 0.2) is 5.82 Å². The molecule has 0 fully saturated rings. The van der Waals surface area contributed by atoms with Gasteiger partial charge in [0.1, 0.15) is 18.2 Å². The van der Waals surface area contributed by atoms with Gasteiger partial charge in [-0.3, -0.25) is 0 Å². The van der Waals surface area contributed by atoms with Crippen LogP contribution in [0.25, 0.3) is 0 Å². The van der Waals surface area contributed by atoms with Crippen molar-refractivity contribution in [2.24, 2.45) is 7.05 Å². The molecule has 2 aromatic heterocycles. The summed E-state index contributed by atoms with van der Waals surface area (Å²) >= 11 is 0. The first kappa shape index (κ1) is 14.5. The van der Waals surface area contributed by atoms with E-state index in [1.54, 1.807) is 6.20 Å². The Morgan fingerprint density at radius 3 is 2.80 bits per heavy atom. The topological polar surface area (TPSA) is 64.9 Å². The number of nitrogens with one attached hydrogen (secondary N) is 1. The number of rotatable bonds is 7. The SMILES string of the molecule is CCNc1cc(Cc2nccn2C)nc(COCC)n1. The Morgan fingerprint density at radius 1 is 1.30 bits per heavy atom. The van der Waals surface area contributed by atoms with Gasteiger partial charge in [0.2, 0.25) is 0 Å². The van der Waals surface area contributed by atoms with Crippen LogP contribution in [0.3, 0.4) is 0 Å².